The Morgan fingerprint density at radius 1 is 0.975 bits per heavy atom. The molecule has 0 fully saturated rings. The quantitative estimate of drug-likeness (QED) is 0.281. The zero-order chi connectivity index (χ0) is 27.8. The zero-order valence-corrected chi connectivity index (χ0v) is 23.4. The molecule has 0 saturated carbocycles. The number of thiazole rings is 1. The second kappa shape index (κ2) is 10.5. The average molecular weight is 557 g/mol. The van der Waals surface area contributed by atoms with Crippen LogP contribution in [0.3, 0.4) is 0 Å². The fourth-order valence-electron chi connectivity index (χ4n) is 4.80. The van der Waals surface area contributed by atoms with E-state index in [1.807, 2.05) is 90.8 Å². The number of benzene rings is 3. The topological polar surface area (TPSA) is 81.1 Å². The lowest BCUT2D eigenvalue weighted by Crippen LogP contribution is -2.20. The van der Waals surface area contributed by atoms with E-state index < -0.39 is 0 Å². The van der Waals surface area contributed by atoms with E-state index in [1.54, 1.807) is 18.9 Å². The van der Waals surface area contributed by atoms with Crippen molar-refractivity contribution in [3.8, 4) is 39.9 Å². The molecule has 204 valence electrons. The van der Waals surface area contributed by atoms with Crippen molar-refractivity contribution in [2.75, 3.05) is 21.0 Å². The highest BCUT2D eigenvalue weighted by molar-refractivity contribution is 7.07. The molecule has 6 rings (SSSR count). The molecule has 0 N–H and O–H groups in total. The van der Waals surface area contributed by atoms with Crippen molar-refractivity contribution >= 4 is 17.0 Å². The predicted molar refractivity (Wildman–Crippen MR) is 153 cm³/mol. The van der Waals surface area contributed by atoms with Crippen LogP contribution in [0.4, 0.5) is 5.69 Å². The van der Waals surface area contributed by atoms with Gasteiger partial charge in [0.1, 0.15) is 11.5 Å². The highest BCUT2D eigenvalue weighted by atomic mass is 32.1. The minimum absolute atomic E-state index is 0.185. The molecule has 10 heteroatoms. The zero-order valence-electron chi connectivity index (χ0n) is 22.6. The van der Waals surface area contributed by atoms with Crippen LogP contribution in [0.15, 0.2) is 81.9 Å². The Morgan fingerprint density at radius 3 is 2.55 bits per heavy atom. The Hall–Kier alpha value is -4.70. The Balaban J connectivity index is 1.55. The maximum absolute atomic E-state index is 13.7. The van der Waals surface area contributed by atoms with Crippen molar-refractivity contribution in [1.82, 2.24) is 13.9 Å². The van der Waals surface area contributed by atoms with Gasteiger partial charge in [-0.05, 0) is 55.0 Å². The van der Waals surface area contributed by atoms with Crippen molar-refractivity contribution in [3.05, 3.63) is 98.5 Å². The van der Waals surface area contributed by atoms with E-state index in [0.29, 0.717) is 34.3 Å². The summed E-state index contributed by atoms with van der Waals surface area (Å²) in [5.41, 5.74) is 4.48. The van der Waals surface area contributed by atoms with Gasteiger partial charge in [0.25, 0.3) is 5.56 Å². The number of hydrogen-bond donors (Lipinski definition) is 0. The van der Waals surface area contributed by atoms with Crippen LogP contribution in [-0.2, 0) is 13.6 Å². The Kier molecular flexibility index (Phi) is 6.69. The molecular weight excluding hydrogens is 528 g/mol. The van der Waals surface area contributed by atoms with Crippen LogP contribution in [0.2, 0.25) is 0 Å². The first-order chi connectivity index (χ1) is 19.5. The maximum Gasteiger partial charge on any atom is 0.297 e. The summed E-state index contributed by atoms with van der Waals surface area (Å²) in [6.45, 7) is 2.59. The minimum atomic E-state index is -0.185. The lowest BCUT2D eigenvalue weighted by Gasteiger charge is -2.14. The summed E-state index contributed by atoms with van der Waals surface area (Å²) in [5, 5.41) is 2.02. The van der Waals surface area contributed by atoms with Crippen LogP contribution in [0.25, 0.3) is 16.9 Å². The number of para-hydroxylation sites is 1. The van der Waals surface area contributed by atoms with Gasteiger partial charge in [-0.2, -0.15) is 0 Å². The van der Waals surface area contributed by atoms with Gasteiger partial charge in [-0.15, -0.1) is 11.3 Å². The van der Waals surface area contributed by atoms with Crippen molar-refractivity contribution < 1.29 is 18.9 Å². The van der Waals surface area contributed by atoms with Gasteiger partial charge in [0, 0.05) is 18.0 Å². The van der Waals surface area contributed by atoms with Gasteiger partial charge in [0.15, 0.2) is 22.0 Å². The van der Waals surface area contributed by atoms with Gasteiger partial charge in [0.2, 0.25) is 6.79 Å². The summed E-state index contributed by atoms with van der Waals surface area (Å²) in [6, 6.07) is 21.1. The summed E-state index contributed by atoms with van der Waals surface area (Å²) in [4.78, 5) is 19.3. The largest absolute Gasteiger partial charge is 0.497 e. The summed E-state index contributed by atoms with van der Waals surface area (Å²) in [6.07, 6.45) is 0. The number of hydrogen-bond acceptors (Lipinski definition) is 7. The Morgan fingerprint density at radius 2 is 1.77 bits per heavy atom. The van der Waals surface area contributed by atoms with Crippen molar-refractivity contribution in [2.45, 2.75) is 13.5 Å². The summed E-state index contributed by atoms with van der Waals surface area (Å²) in [7, 11) is 5.14. The number of methoxy groups -OCH3 is 2. The third-order valence-corrected chi connectivity index (χ3v) is 7.85. The molecule has 3 heterocycles. The third-order valence-electron chi connectivity index (χ3n) is 6.99. The molecule has 0 unspecified atom stereocenters. The third kappa shape index (κ3) is 4.46. The van der Waals surface area contributed by atoms with E-state index in [4.69, 9.17) is 23.9 Å². The van der Waals surface area contributed by atoms with E-state index in [-0.39, 0.29) is 12.4 Å². The standard InChI is InChI=1S/C30H28N4O5S/c1-19-28(29(35)34(32(19)2)21-8-6-5-7-9-21)31-30-33(16-20-10-12-26-27(14-20)39-18-38-26)24(17-40-30)23-15-22(36-3)11-13-25(23)37-4/h5-15,17H,16,18H2,1-4H3. The van der Waals surface area contributed by atoms with E-state index in [2.05, 4.69) is 4.57 Å². The fraction of sp³-hybridized carbons (Fsp3) is 0.200. The molecule has 0 spiro atoms. The monoisotopic (exact) mass is 556 g/mol. The molecular formula is C30H28N4O5S. The van der Waals surface area contributed by atoms with Gasteiger partial charge >= 0.3 is 0 Å². The second-order valence-electron chi connectivity index (χ2n) is 9.27. The van der Waals surface area contributed by atoms with Crippen molar-refractivity contribution in [1.29, 1.82) is 0 Å². The summed E-state index contributed by atoms with van der Waals surface area (Å²) < 4.78 is 27.9. The maximum atomic E-state index is 13.7. The molecule has 2 aromatic heterocycles. The molecule has 1 aliphatic rings. The second-order valence-corrected chi connectivity index (χ2v) is 10.1. The molecule has 1 aliphatic heterocycles. The first kappa shape index (κ1) is 25.6. The molecule has 3 aromatic carbocycles. The number of ether oxygens (including phenoxy) is 4. The average Bonchev–Trinajstić information content (AvgIpc) is 3.67. The summed E-state index contributed by atoms with van der Waals surface area (Å²) in [5.74, 6) is 2.84. The van der Waals surface area contributed by atoms with Crippen molar-refractivity contribution in [3.63, 3.8) is 0 Å². The fourth-order valence-corrected chi connectivity index (χ4v) is 5.71. The van der Waals surface area contributed by atoms with Crippen LogP contribution in [0, 0.1) is 6.92 Å². The number of nitrogens with zero attached hydrogens (tertiary/aromatic N) is 4. The van der Waals surface area contributed by atoms with Gasteiger partial charge in [-0.25, -0.2) is 9.67 Å². The predicted octanol–water partition coefficient (Wildman–Crippen LogP) is 5.04. The van der Waals surface area contributed by atoms with Crippen LogP contribution in [0.5, 0.6) is 23.0 Å². The lowest BCUT2D eigenvalue weighted by molar-refractivity contribution is 0.174. The van der Waals surface area contributed by atoms with Gasteiger partial charge in [-0.3, -0.25) is 9.48 Å². The Labute approximate surface area is 234 Å². The van der Waals surface area contributed by atoms with Crippen LogP contribution >= 0.6 is 11.3 Å². The van der Waals surface area contributed by atoms with E-state index in [0.717, 1.165) is 34.0 Å². The SMILES string of the molecule is COc1ccc(OC)c(-c2csc(=Nc3c(C)n(C)n(-c4ccccc4)c3=O)n2Cc2ccc3c(c2)OCO3)c1. The molecule has 0 atom stereocenters. The first-order valence-electron chi connectivity index (χ1n) is 12.7. The number of rotatable bonds is 7. The van der Waals surface area contributed by atoms with Crippen LogP contribution in [-0.4, -0.2) is 34.9 Å². The lowest BCUT2D eigenvalue weighted by atomic mass is 10.1. The van der Waals surface area contributed by atoms with E-state index in [9.17, 15) is 4.79 Å². The van der Waals surface area contributed by atoms with E-state index in [1.165, 1.54) is 11.3 Å². The highest BCUT2D eigenvalue weighted by Crippen LogP contribution is 2.36. The highest BCUT2D eigenvalue weighted by Gasteiger charge is 2.20. The molecule has 0 bridgehead atoms. The number of fused-ring (bicyclic) bond motifs is 1. The van der Waals surface area contributed by atoms with Gasteiger partial charge in [0.05, 0.1) is 37.8 Å². The molecule has 9 nitrogen and oxygen atoms in total. The molecule has 40 heavy (non-hydrogen) atoms. The minimum Gasteiger partial charge on any atom is -0.497 e. The molecule has 0 saturated heterocycles. The first-order valence-corrected chi connectivity index (χ1v) is 13.5. The molecule has 5 aromatic rings. The van der Waals surface area contributed by atoms with E-state index >= 15 is 0 Å². The molecule has 0 amide bonds. The van der Waals surface area contributed by atoms with Crippen molar-refractivity contribution in [2.24, 2.45) is 12.0 Å². The van der Waals surface area contributed by atoms with Gasteiger partial charge in [-0.1, -0.05) is 24.3 Å². The number of aromatic nitrogens is 3. The van der Waals surface area contributed by atoms with Gasteiger partial charge < -0.3 is 23.5 Å². The normalized spacial score (nSPS) is 12.7. The molecule has 0 aliphatic carbocycles. The van der Waals surface area contributed by atoms with Crippen LogP contribution < -0.4 is 29.3 Å². The summed E-state index contributed by atoms with van der Waals surface area (Å²) >= 11 is 1.46. The van der Waals surface area contributed by atoms with Crippen LogP contribution in [0.1, 0.15) is 11.3 Å². The Bertz CT molecular complexity index is 1830. The molecule has 0 radical (unpaired) electrons. The smallest absolute Gasteiger partial charge is 0.297 e.